The summed E-state index contributed by atoms with van der Waals surface area (Å²) in [5.41, 5.74) is 0.909. The van der Waals surface area contributed by atoms with E-state index in [2.05, 4.69) is 16.5 Å². The fourth-order valence-corrected chi connectivity index (χ4v) is 5.27. The van der Waals surface area contributed by atoms with Crippen LogP contribution in [0.4, 0.5) is 0 Å². The molecule has 7 heteroatoms. The zero-order valence-electron chi connectivity index (χ0n) is 15.7. The van der Waals surface area contributed by atoms with E-state index in [0.29, 0.717) is 24.8 Å². The molecule has 0 aliphatic carbocycles. The second kappa shape index (κ2) is 7.80. The first-order chi connectivity index (χ1) is 12.5. The minimum Gasteiger partial charge on any atom is -0.495 e. The number of ether oxygens (including phenoxy) is 1. The van der Waals surface area contributed by atoms with E-state index in [0.717, 1.165) is 37.2 Å². The van der Waals surface area contributed by atoms with Crippen LogP contribution < -0.4 is 4.74 Å². The molecule has 3 rings (SSSR count). The Hall–Kier alpha value is -1.86. The molecule has 1 aliphatic heterocycles. The molecule has 0 unspecified atom stereocenters. The smallest absolute Gasteiger partial charge is 0.246 e. The molecule has 26 heavy (non-hydrogen) atoms. The van der Waals surface area contributed by atoms with Gasteiger partial charge in [0.25, 0.3) is 0 Å². The first-order valence-electron chi connectivity index (χ1n) is 9.10. The number of aryl methyl sites for hydroxylation is 2. The lowest BCUT2D eigenvalue weighted by Gasteiger charge is -2.32. The predicted octanol–water partition coefficient (Wildman–Crippen LogP) is 2.86. The Labute approximate surface area is 155 Å². The van der Waals surface area contributed by atoms with E-state index in [1.165, 1.54) is 7.11 Å². The number of piperidine rings is 1. The Morgan fingerprint density at radius 2 is 2.00 bits per heavy atom. The van der Waals surface area contributed by atoms with Gasteiger partial charge in [-0.3, -0.25) is 0 Å². The summed E-state index contributed by atoms with van der Waals surface area (Å²) in [5.74, 6) is 1.97. The average molecular weight is 378 g/mol. The molecule has 1 saturated heterocycles. The quantitative estimate of drug-likeness (QED) is 0.776. The second-order valence-corrected chi connectivity index (χ2v) is 8.76. The van der Waals surface area contributed by atoms with Crippen molar-refractivity contribution < 1.29 is 13.2 Å². The largest absolute Gasteiger partial charge is 0.495 e. The van der Waals surface area contributed by atoms with Gasteiger partial charge in [-0.1, -0.05) is 13.0 Å². The normalized spacial score (nSPS) is 16.7. The fraction of sp³-hybridized carbons (Fsp3) is 0.526. The van der Waals surface area contributed by atoms with Crippen molar-refractivity contribution in [1.82, 2.24) is 13.9 Å². The summed E-state index contributed by atoms with van der Waals surface area (Å²) in [5, 5.41) is 0. The van der Waals surface area contributed by atoms with Gasteiger partial charge in [0.15, 0.2) is 0 Å². The maximum Gasteiger partial charge on any atom is 0.246 e. The first kappa shape index (κ1) is 18.9. The Bertz CT molecular complexity index is 853. The van der Waals surface area contributed by atoms with E-state index >= 15 is 0 Å². The highest BCUT2D eigenvalue weighted by Gasteiger charge is 2.31. The molecule has 2 aromatic rings. The maximum absolute atomic E-state index is 13.1. The summed E-state index contributed by atoms with van der Waals surface area (Å²) in [6, 6.07) is 5.28. The Balaban J connectivity index is 1.70. The molecule has 0 atom stereocenters. The van der Waals surface area contributed by atoms with E-state index in [9.17, 15) is 8.42 Å². The lowest BCUT2D eigenvalue weighted by atomic mass is 9.98. The van der Waals surface area contributed by atoms with Crippen LogP contribution in [0.25, 0.3) is 0 Å². The van der Waals surface area contributed by atoms with Crippen LogP contribution in [-0.4, -0.2) is 42.5 Å². The van der Waals surface area contributed by atoms with E-state index in [-0.39, 0.29) is 4.90 Å². The SMILES string of the molecule is CCc1nccn1CC1CCN(S(=O)(=O)c2cc(C)ccc2OC)CC1. The fourth-order valence-electron chi connectivity index (χ4n) is 3.56. The van der Waals surface area contributed by atoms with Crippen molar-refractivity contribution in [2.24, 2.45) is 5.92 Å². The van der Waals surface area contributed by atoms with Crippen LogP contribution >= 0.6 is 0 Å². The Morgan fingerprint density at radius 3 is 2.65 bits per heavy atom. The number of aromatic nitrogens is 2. The predicted molar refractivity (Wildman–Crippen MR) is 101 cm³/mol. The van der Waals surface area contributed by atoms with Crippen molar-refractivity contribution in [3.63, 3.8) is 0 Å². The van der Waals surface area contributed by atoms with Gasteiger partial charge in [0.1, 0.15) is 16.5 Å². The van der Waals surface area contributed by atoms with E-state index in [4.69, 9.17) is 4.74 Å². The van der Waals surface area contributed by atoms with Gasteiger partial charge in [0.05, 0.1) is 7.11 Å². The third kappa shape index (κ3) is 3.78. The highest BCUT2D eigenvalue weighted by molar-refractivity contribution is 7.89. The van der Waals surface area contributed by atoms with Crippen molar-refractivity contribution in [3.05, 3.63) is 42.0 Å². The molecule has 6 nitrogen and oxygen atoms in total. The van der Waals surface area contributed by atoms with Crippen LogP contribution in [0, 0.1) is 12.8 Å². The summed E-state index contributed by atoms with van der Waals surface area (Å²) in [4.78, 5) is 4.63. The highest BCUT2D eigenvalue weighted by atomic mass is 32.2. The molecule has 1 aromatic carbocycles. The molecule has 0 radical (unpaired) electrons. The lowest BCUT2D eigenvalue weighted by Crippen LogP contribution is -2.39. The van der Waals surface area contributed by atoms with E-state index in [1.54, 1.807) is 16.4 Å². The van der Waals surface area contributed by atoms with E-state index < -0.39 is 10.0 Å². The third-order valence-electron chi connectivity index (χ3n) is 5.08. The van der Waals surface area contributed by atoms with Crippen LogP contribution in [0.15, 0.2) is 35.5 Å². The van der Waals surface area contributed by atoms with Crippen molar-refractivity contribution in [3.8, 4) is 5.75 Å². The first-order valence-corrected chi connectivity index (χ1v) is 10.5. The minimum absolute atomic E-state index is 0.265. The maximum atomic E-state index is 13.1. The van der Waals surface area contributed by atoms with Crippen molar-refractivity contribution >= 4 is 10.0 Å². The number of rotatable bonds is 6. The van der Waals surface area contributed by atoms with Crippen LogP contribution in [0.3, 0.4) is 0 Å². The third-order valence-corrected chi connectivity index (χ3v) is 7.00. The van der Waals surface area contributed by atoms with Gasteiger partial charge in [0.2, 0.25) is 10.0 Å². The molecule has 142 valence electrons. The lowest BCUT2D eigenvalue weighted by molar-refractivity contribution is 0.251. The van der Waals surface area contributed by atoms with Gasteiger partial charge in [-0.25, -0.2) is 13.4 Å². The topological polar surface area (TPSA) is 64.4 Å². The van der Waals surface area contributed by atoms with Gasteiger partial charge < -0.3 is 9.30 Å². The number of benzene rings is 1. The minimum atomic E-state index is -3.54. The van der Waals surface area contributed by atoms with Gasteiger partial charge in [-0.15, -0.1) is 0 Å². The standard InChI is InChI=1S/C19H27N3O3S/c1-4-19-20-9-12-21(19)14-16-7-10-22(11-8-16)26(23,24)18-13-15(2)5-6-17(18)25-3/h5-6,9,12-13,16H,4,7-8,10-11,14H2,1-3H3. The van der Waals surface area contributed by atoms with Gasteiger partial charge >= 0.3 is 0 Å². The molecule has 1 aromatic heterocycles. The summed E-state index contributed by atoms with van der Waals surface area (Å²) in [7, 11) is -2.03. The molecular formula is C19H27N3O3S. The second-order valence-electron chi connectivity index (χ2n) is 6.85. The summed E-state index contributed by atoms with van der Waals surface area (Å²) in [6.07, 6.45) is 6.47. The highest BCUT2D eigenvalue weighted by Crippen LogP contribution is 2.30. The molecule has 1 aliphatic rings. The van der Waals surface area contributed by atoms with Gasteiger partial charge in [0, 0.05) is 38.4 Å². The van der Waals surface area contributed by atoms with Crippen molar-refractivity contribution in [1.29, 1.82) is 0 Å². The summed E-state index contributed by atoms with van der Waals surface area (Å²) in [6.45, 7) is 5.98. The van der Waals surface area contributed by atoms with Crippen LogP contribution in [0.1, 0.15) is 31.2 Å². The Morgan fingerprint density at radius 1 is 1.27 bits per heavy atom. The molecule has 1 fully saturated rings. The van der Waals surface area contributed by atoms with E-state index in [1.807, 2.05) is 25.4 Å². The number of methoxy groups -OCH3 is 1. The molecule has 0 bridgehead atoms. The zero-order valence-corrected chi connectivity index (χ0v) is 16.5. The zero-order chi connectivity index (χ0) is 18.7. The molecule has 0 amide bonds. The molecule has 2 heterocycles. The number of hydrogen-bond donors (Lipinski definition) is 0. The van der Waals surface area contributed by atoms with Crippen LogP contribution in [0.5, 0.6) is 5.75 Å². The monoisotopic (exact) mass is 377 g/mol. The van der Waals surface area contributed by atoms with Crippen LogP contribution in [-0.2, 0) is 23.0 Å². The number of hydrogen-bond acceptors (Lipinski definition) is 4. The Kier molecular flexibility index (Phi) is 5.67. The number of imidazole rings is 1. The van der Waals surface area contributed by atoms with Crippen molar-refractivity contribution in [2.45, 2.75) is 44.6 Å². The number of nitrogens with zero attached hydrogens (tertiary/aromatic N) is 3. The van der Waals surface area contributed by atoms with Crippen LogP contribution in [0.2, 0.25) is 0 Å². The molecule has 0 spiro atoms. The van der Waals surface area contributed by atoms with Crippen molar-refractivity contribution in [2.75, 3.05) is 20.2 Å². The summed E-state index contributed by atoms with van der Waals surface area (Å²) < 4.78 is 35.2. The molecule has 0 saturated carbocycles. The summed E-state index contributed by atoms with van der Waals surface area (Å²) >= 11 is 0. The molecule has 0 N–H and O–H groups in total. The van der Waals surface area contributed by atoms with Gasteiger partial charge in [-0.05, 0) is 43.4 Å². The molecular weight excluding hydrogens is 350 g/mol. The average Bonchev–Trinajstić information content (AvgIpc) is 3.09. The number of sulfonamides is 1. The van der Waals surface area contributed by atoms with Gasteiger partial charge in [-0.2, -0.15) is 4.31 Å².